The Balaban J connectivity index is 2.69. The van der Waals surface area contributed by atoms with Crippen LogP contribution in [-0.4, -0.2) is 41.1 Å². The first-order chi connectivity index (χ1) is 7.07. The Morgan fingerprint density at radius 2 is 2.27 bits per heavy atom. The van der Waals surface area contributed by atoms with Gasteiger partial charge >= 0.3 is 5.97 Å². The summed E-state index contributed by atoms with van der Waals surface area (Å²) in [7, 11) is 0. The van der Waals surface area contributed by atoms with Crippen LogP contribution in [0.5, 0.6) is 0 Å². The molecule has 0 saturated carbocycles. The molecule has 4 nitrogen and oxygen atoms in total. The lowest BCUT2D eigenvalue weighted by atomic mass is 10.00. The Morgan fingerprint density at radius 3 is 2.73 bits per heavy atom. The zero-order chi connectivity index (χ0) is 11.4. The molecule has 0 spiro atoms. The van der Waals surface area contributed by atoms with Crippen molar-refractivity contribution in [3.63, 3.8) is 0 Å². The summed E-state index contributed by atoms with van der Waals surface area (Å²) in [4.78, 5) is 13.3. The van der Waals surface area contributed by atoms with E-state index in [1.54, 1.807) is 0 Å². The van der Waals surface area contributed by atoms with Crippen LogP contribution in [0.3, 0.4) is 0 Å². The summed E-state index contributed by atoms with van der Waals surface area (Å²) >= 11 is 0. The SMILES string of the molecule is CC(C)C1CCCN1C(CCN)C(=O)O. The maximum absolute atomic E-state index is 11.1. The van der Waals surface area contributed by atoms with Crippen molar-refractivity contribution in [3.8, 4) is 0 Å². The van der Waals surface area contributed by atoms with Crippen molar-refractivity contribution in [1.82, 2.24) is 4.90 Å². The number of hydrogen-bond donors (Lipinski definition) is 2. The van der Waals surface area contributed by atoms with Gasteiger partial charge in [0.2, 0.25) is 0 Å². The highest BCUT2D eigenvalue weighted by Gasteiger charge is 2.35. The number of carboxylic acid groups (broad SMARTS) is 1. The second-order valence-corrected chi connectivity index (χ2v) is 4.62. The van der Waals surface area contributed by atoms with Gasteiger partial charge in [-0.2, -0.15) is 0 Å². The van der Waals surface area contributed by atoms with E-state index >= 15 is 0 Å². The lowest BCUT2D eigenvalue weighted by Gasteiger charge is -2.32. The van der Waals surface area contributed by atoms with Crippen LogP contribution in [0.4, 0.5) is 0 Å². The average Bonchev–Trinajstić information content (AvgIpc) is 2.61. The number of carboxylic acids is 1. The van der Waals surface area contributed by atoms with Crippen molar-refractivity contribution >= 4 is 5.97 Å². The minimum absolute atomic E-state index is 0.384. The normalized spacial score (nSPS) is 24.7. The summed E-state index contributed by atoms with van der Waals surface area (Å²) in [6.45, 7) is 5.66. The van der Waals surface area contributed by atoms with Crippen molar-refractivity contribution in [2.45, 2.75) is 45.2 Å². The van der Waals surface area contributed by atoms with E-state index in [4.69, 9.17) is 10.8 Å². The van der Waals surface area contributed by atoms with Crippen LogP contribution in [-0.2, 0) is 4.79 Å². The fraction of sp³-hybridized carbons (Fsp3) is 0.909. The van der Waals surface area contributed by atoms with E-state index in [9.17, 15) is 4.79 Å². The van der Waals surface area contributed by atoms with E-state index < -0.39 is 5.97 Å². The smallest absolute Gasteiger partial charge is 0.320 e. The molecule has 0 radical (unpaired) electrons. The molecule has 4 heteroatoms. The Bertz CT molecular complexity index is 219. The Kier molecular flexibility index (Phi) is 4.54. The van der Waals surface area contributed by atoms with Crippen LogP contribution < -0.4 is 5.73 Å². The van der Waals surface area contributed by atoms with Gasteiger partial charge in [-0.15, -0.1) is 0 Å². The molecule has 15 heavy (non-hydrogen) atoms. The van der Waals surface area contributed by atoms with Gasteiger partial charge in [0.25, 0.3) is 0 Å². The van der Waals surface area contributed by atoms with Gasteiger partial charge < -0.3 is 10.8 Å². The van der Waals surface area contributed by atoms with Crippen molar-refractivity contribution in [1.29, 1.82) is 0 Å². The third kappa shape index (κ3) is 2.92. The molecule has 2 atom stereocenters. The molecule has 1 fully saturated rings. The molecule has 3 N–H and O–H groups in total. The molecule has 2 unspecified atom stereocenters. The summed E-state index contributed by atoms with van der Waals surface area (Å²) in [6, 6.07) is 0.0301. The summed E-state index contributed by atoms with van der Waals surface area (Å²) in [5.41, 5.74) is 5.47. The van der Waals surface area contributed by atoms with Gasteiger partial charge in [0, 0.05) is 6.04 Å². The Labute approximate surface area is 91.4 Å². The molecule has 0 aliphatic carbocycles. The lowest BCUT2D eigenvalue weighted by Crippen LogP contribution is -2.46. The standard InChI is InChI=1S/C11H22N2O2/c1-8(2)9-4-3-7-13(9)10(5-6-12)11(14)15/h8-10H,3-7,12H2,1-2H3,(H,14,15). The van der Waals surface area contributed by atoms with E-state index in [-0.39, 0.29) is 6.04 Å². The number of nitrogens with zero attached hydrogens (tertiary/aromatic N) is 1. The van der Waals surface area contributed by atoms with Crippen LogP contribution >= 0.6 is 0 Å². The van der Waals surface area contributed by atoms with Crippen molar-refractivity contribution in [2.75, 3.05) is 13.1 Å². The van der Waals surface area contributed by atoms with E-state index in [0.29, 0.717) is 24.9 Å². The highest BCUT2D eigenvalue weighted by Crippen LogP contribution is 2.26. The van der Waals surface area contributed by atoms with E-state index in [0.717, 1.165) is 19.4 Å². The van der Waals surface area contributed by atoms with E-state index in [1.807, 2.05) is 0 Å². The minimum atomic E-state index is -0.729. The zero-order valence-corrected chi connectivity index (χ0v) is 9.65. The van der Waals surface area contributed by atoms with E-state index in [2.05, 4.69) is 18.7 Å². The number of hydrogen-bond acceptors (Lipinski definition) is 3. The minimum Gasteiger partial charge on any atom is -0.480 e. The Morgan fingerprint density at radius 1 is 1.60 bits per heavy atom. The first-order valence-corrected chi connectivity index (χ1v) is 5.76. The molecule has 1 aliphatic rings. The molecule has 0 aromatic rings. The van der Waals surface area contributed by atoms with Crippen LogP contribution in [0.2, 0.25) is 0 Å². The lowest BCUT2D eigenvalue weighted by molar-refractivity contribution is -0.144. The molecule has 88 valence electrons. The number of nitrogens with two attached hydrogens (primary N) is 1. The summed E-state index contributed by atoms with van der Waals surface area (Å²) < 4.78 is 0. The summed E-state index contributed by atoms with van der Waals surface area (Å²) in [5, 5.41) is 9.17. The molecular formula is C11H22N2O2. The predicted molar refractivity (Wildman–Crippen MR) is 59.7 cm³/mol. The fourth-order valence-corrected chi connectivity index (χ4v) is 2.51. The van der Waals surface area contributed by atoms with Gasteiger partial charge in [-0.3, -0.25) is 9.69 Å². The highest BCUT2D eigenvalue weighted by molar-refractivity contribution is 5.73. The van der Waals surface area contributed by atoms with Crippen LogP contribution in [0, 0.1) is 5.92 Å². The van der Waals surface area contributed by atoms with E-state index in [1.165, 1.54) is 0 Å². The predicted octanol–water partition coefficient (Wildman–Crippen LogP) is 0.909. The van der Waals surface area contributed by atoms with Gasteiger partial charge in [-0.25, -0.2) is 0 Å². The molecule has 1 rings (SSSR count). The molecule has 1 saturated heterocycles. The largest absolute Gasteiger partial charge is 0.480 e. The first-order valence-electron chi connectivity index (χ1n) is 5.76. The second-order valence-electron chi connectivity index (χ2n) is 4.62. The van der Waals surface area contributed by atoms with Gasteiger partial charge in [0.15, 0.2) is 0 Å². The molecular weight excluding hydrogens is 192 g/mol. The highest BCUT2D eigenvalue weighted by atomic mass is 16.4. The van der Waals surface area contributed by atoms with Crippen molar-refractivity contribution in [3.05, 3.63) is 0 Å². The molecule has 0 bridgehead atoms. The number of likely N-dealkylation sites (tertiary alicyclic amines) is 1. The number of aliphatic carboxylic acids is 1. The van der Waals surface area contributed by atoms with Crippen LogP contribution in [0.25, 0.3) is 0 Å². The summed E-state index contributed by atoms with van der Waals surface area (Å²) in [5.74, 6) is -0.208. The molecule has 0 aromatic carbocycles. The monoisotopic (exact) mass is 214 g/mol. The van der Waals surface area contributed by atoms with Crippen molar-refractivity contribution in [2.24, 2.45) is 11.7 Å². The quantitative estimate of drug-likeness (QED) is 0.714. The Hall–Kier alpha value is -0.610. The zero-order valence-electron chi connectivity index (χ0n) is 9.65. The third-order valence-electron chi connectivity index (χ3n) is 3.24. The molecule has 1 aliphatic heterocycles. The number of carbonyl (C=O) groups is 1. The average molecular weight is 214 g/mol. The molecule has 0 aromatic heterocycles. The second kappa shape index (κ2) is 5.47. The van der Waals surface area contributed by atoms with Crippen molar-refractivity contribution < 1.29 is 9.90 Å². The van der Waals surface area contributed by atoms with Gasteiger partial charge in [0.1, 0.15) is 6.04 Å². The van der Waals surface area contributed by atoms with Gasteiger partial charge in [-0.1, -0.05) is 13.8 Å². The van der Waals surface area contributed by atoms with Crippen LogP contribution in [0.1, 0.15) is 33.1 Å². The molecule has 1 heterocycles. The fourth-order valence-electron chi connectivity index (χ4n) is 2.51. The molecule has 0 amide bonds. The topological polar surface area (TPSA) is 66.6 Å². The van der Waals surface area contributed by atoms with Gasteiger partial charge in [-0.05, 0) is 38.3 Å². The third-order valence-corrected chi connectivity index (χ3v) is 3.24. The maximum atomic E-state index is 11.1. The van der Waals surface area contributed by atoms with Crippen LogP contribution in [0.15, 0.2) is 0 Å². The summed E-state index contributed by atoms with van der Waals surface area (Å²) in [6.07, 6.45) is 2.78. The number of rotatable bonds is 5. The van der Waals surface area contributed by atoms with Gasteiger partial charge in [0.05, 0.1) is 0 Å². The maximum Gasteiger partial charge on any atom is 0.320 e. The first kappa shape index (κ1) is 12.5.